The Morgan fingerprint density at radius 3 is 2.54 bits per heavy atom. The van der Waals surface area contributed by atoms with Crippen LogP contribution in [-0.2, 0) is 6.18 Å². The number of carbonyl (C=O) groups is 1. The van der Waals surface area contributed by atoms with E-state index in [-0.39, 0.29) is 5.56 Å². The Labute approximate surface area is 81.1 Å². The van der Waals surface area contributed by atoms with E-state index in [0.29, 0.717) is 0 Å². The lowest BCUT2D eigenvalue weighted by atomic mass is 10.1. The van der Waals surface area contributed by atoms with Crippen LogP contribution in [0.5, 0.6) is 0 Å². The number of thiophene rings is 1. The number of hydrogen-bond donors (Lipinski definition) is 0. The quantitative estimate of drug-likeness (QED) is 0.561. The maximum absolute atomic E-state index is 12.2. The van der Waals surface area contributed by atoms with Crippen LogP contribution in [0.2, 0.25) is 0 Å². The first-order valence-corrected chi connectivity index (χ1v) is 4.67. The molecule has 0 aliphatic carbocycles. The number of halogens is 4. The Morgan fingerprint density at radius 1 is 1.46 bits per heavy atom. The fraction of sp³-hybridized carbons (Fsp3) is 0.286. The maximum atomic E-state index is 12.2. The summed E-state index contributed by atoms with van der Waals surface area (Å²) >= 11 is 5.99. The van der Waals surface area contributed by atoms with Crippen molar-refractivity contribution in [3.05, 3.63) is 21.9 Å². The Bertz CT molecular complexity index is 318. The lowest BCUT2D eigenvalue weighted by Crippen LogP contribution is -2.11. The van der Waals surface area contributed by atoms with Gasteiger partial charge in [-0.1, -0.05) is 0 Å². The molecular weight excluding hydrogens is 225 g/mol. The van der Waals surface area contributed by atoms with Crippen molar-refractivity contribution in [1.29, 1.82) is 0 Å². The minimum atomic E-state index is -4.48. The molecule has 0 unspecified atom stereocenters. The topological polar surface area (TPSA) is 17.1 Å². The molecular formula is C7H4ClF3OS. The molecule has 72 valence electrons. The van der Waals surface area contributed by atoms with E-state index in [0.717, 1.165) is 22.1 Å². The van der Waals surface area contributed by atoms with Gasteiger partial charge in [-0.25, -0.2) is 0 Å². The zero-order chi connectivity index (χ0) is 10.1. The second-order valence-electron chi connectivity index (χ2n) is 2.25. The number of carbonyl (C=O) groups excluding carboxylic acids is 1. The summed E-state index contributed by atoms with van der Waals surface area (Å²) in [6.45, 7) is 0. The molecule has 1 aromatic rings. The van der Waals surface area contributed by atoms with E-state index in [2.05, 4.69) is 0 Å². The smallest absolute Gasteiger partial charge is 0.293 e. The number of Topliss-reactive ketones (excluding diaryl/α,β-unsaturated/α-hetero) is 1. The van der Waals surface area contributed by atoms with Crippen molar-refractivity contribution in [2.24, 2.45) is 0 Å². The van der Waals surface area contributed by atoms with Gasteiger partial charge in [-0.2, -0.15) is 24.5 Å². The van der Waals surface area contributed by atoms with E-state index >= 15 is 0 Å². The van der Waals surface area contributed by atoms with Crippen molar-refractivity contribution in [2.75, 3.05) is 5.88 Å². The fourth-order valence-corrected chi connectivity index (χ4v) is 1.81. The molecule has 0 atom stereocenters. The summed E-state index contributed by atoms with van der Waals surface area (Å²) in [5.74, 6) is -1.13. The normalized spacial score (nSPS) is 11.7. The molecule has 0 fully saturated rings. The highest BCUT2D eigenvalue weighted by atomic mass is 35.5. The van der Waals surface area contributed by atoms with Gasteiger partial charge in [-0.05, 0) is 0 Å². The van der Waals surface area contributed by atoms with Crippen molar-refractivity contribution in [2.45, 2.75) is 6.18 Å². The molecule has 0 radical (unpaired) electrons. The number of hydrogen-bond acceptors (Lipinski definition) is 2. The molecule has 0 N–H and O–H groups in total. The summed E-state index contributed by atoms with van der Waals surface area (Å²) in [6.07, 6.45) is -4.48. The molecule has 6 heteroatoms. The van der Waals surface area contributed by atoms with Crippen molar-refractivity contribution < 1.29 is 18.0 Å². The summed E-state index contributed by atoms with van der Waals surface area (Å²) in [5.41, 5.74) is -1.24. The number of alkyl halides is 4. The third-order valence-electron chi connectivity index (χ3n) is 1.39. The van der Waals surface area contributed by atoms with Crippen molar-refractivity contribution in [3.8, 4) is 0 Å². The van der Waals surface area contributed by atoms with E-state index < -0.39 is 23.4 Å². The first kappa shape index (κ1) is 10.5. The summed E-state index contributed by atoms with van der Waals surface area (Å²) in [6, 6.07) is 0. The monoisotopic (exact) mass is 228 g/mol. The minimum absolute atomic E-state index is 0.340. The first-order chi connectivity index (χ1) is 5.96. The Kier molecular flexibility index (Phi) is 2.98. The van der Waals surface area contributed by atoms with E-state index in [9.17, 15) is 18.0 Å². The van der Waals surface area contributed by atoms with Crippen LogP contribution in [0.1, 0.15) is 15.9 Å². The van der Waals surface area contributed by atoms with Gasteiger partial charge in [-0.15, -0.1) is 11.6 Å². The Balaban J connectivity index is 3.10. The Morgan fingerprint density at radius 2 is 2.08 bits per heavy atom. The molecule has 0 aliphatic rings. The minimum Gasteiger partial charge on any atom is -0.293 e. The lowest BCUT2D eigenvalue weighted by molar-refractivity contribution is -0.137. The summed E-state index contributed by atoms with van der Waals surface area (Å²) in [4.78, 5) is 10.9. The van der Waals surface area contributed by atoms with Crippen LogP contribution in [0.25, 0.3) is 0 Å². The standard InChI is InChI=1S/C7H4ClF3OS/c8-1-6(12)4-2-13-3-5(4)7(9,10)11/h2-3H,1H2. The predicted octanol–water partition coefficient (Wildman–Crippen LogP) is 3.19. The van der Waals surface area contributed by atoms with Gasteiger partial charge < -0.3 is 0 Å². The van der Waals surface area contributed by atoms with Crippen molar-refractivity contribution in [3.63, 3.8) is 0 Å². The molecule has 1 heterocycles. The molecule has 0 saturated carbocycles. The number of rotatable bonds is 2. The highest BCUT2D eigenvalue weighted by Crippen LogP contribution is 2.34. The zero-order valence-corrected chi connectivity index (χ0v) is 7.76. The highest BCUT2D eigenvalue weighted by molar-refractivity contribution is 7.08. The third-order valence-corrected chi connectivity index (χ3v) is 2.38. The van der Waals surface area contributed by atoms with E-state index in [1.807, 2.05) is 0 Å². The van der Waals surface area contributed by atoms with Crippen LogP contribution in [0.4, 0.5) is 13.2 Å². The predicted molar refractivity (Wildman–Crippen MR) is 44.4 cm³/mol. The second-order valence-corrected chi connectivity index (χ2v) is 3.26. The van der Waals surface area contributed by atoms with E-state index in [4.69, 9.17) is 11.6 Å². The SMILES string of the molecule is O=C(CCl)c1cscc1C(F)(F)F. The van der Waals surface area contributed by atoms with Gasteiger partial charge in [0, 0.05) is 16.3 Å². The third kappa shape index (κ3) is 2.22. The maximum Gasteiger partial charge on any atom is 0.417 e. The molecule has 0 spiro atoms. The molecule has 1 nitrogen and oxygen atoms in total. The average Bonchev–Trinajstić information content (AvgIpc) is 2.49. The van der Waals surface area contributed by atoms with Crippen LogP contribution in [0.3, 0.4) is 0 Å². The largest absolute Gasteiger partial charge is 0.417 e. The molecule has 1 aromatic heterocycles. The van der Waals surface area contributed by atoms with E-state index in [1.54, 1.807) is 0 Å². The van der Waals surface area contributed by atoms with Crippen molar-refractivity contribution >= 4 is 28.7 Å². The average molecular weight is 229 g/mol. The van der Waals surface area contributed by atoms with Crippen molar-refractivity contribution in [1.82, 2.24) is 0 Å². The van der Waals surface area contributed by atoms with Crippen LogP contribution in [0, 0.1) is 0 Å². The van der Waals surface area contributed by atoms with Gasteiger partial charge in [0.25, 0.3) is 0 Å². The fourth-order valence-electron chi connectivity index (χ4n) is 0.804. The molecule has 0 bridgehead atoms. The van der Waals surface area contributed by atoms with Crippen LogP contribution in [0.15, 0.2) is 10.8 Å². The van der Waals surface area contributed by atoms with E-state index in [1.165, 1.54) is 0 Å². The zero-order valence-electron chi connectivity index (χ0n) is 6.19. The highest BCUT2D eigenvalue weighted by Gasteiger charge is 2.35. The molecule has 0 aromatic carbocycles. The summed E-state index contributed by atoms with van der Waals surface area (Å²) in [5, 5.41) is 2.06. The molecule has 13 heavy (non-hydrogen) atoms. The van der Waals surface area contributed by atoms with Crippen LogP contribution >= 0.6 is 22.9 Å². The molecule has 1 rings (SSSR count). The molecule has 0 saturated heterocycles. The van der Waals surface area contributed by atoms with Gasteiger partial charge in [0.05, 0.1) is 11.4 Å². The van der Waals surface area contributed by atoms with Gasteiger partial charge in [0.15, 0.2) is 5.78 Å². The number of ketones is 1. The molecule has 0 amide bonds. The molecule has 0 aliphatic heterocycles. The van der Waals surface area contributed by atoms with Gasteiger partial charge in [0.1, 0.15) is 0 Å². The van der Waals surface area contributed by atoms with Gasteiger partial charge >= 0.3 is 6.18 Å². The summed E-state index contributed by atoms with van der Waals surface area (Å²) < 4.78 is 36.6. The second kappa shape index (κ2) is 3.67. The van der Waals surface area contributed by atoms with Crippen LogP contribution in [-0.4, -0.2) is 11.7 Å². The summed E-state index contributed by atoms with van der Waals surface area (Å²) in [7, 11) is 0. The Hall–Kier alpha value is -0.550. The lowest BCUT2D eigenvalue weighted by Gasteiger charge is -2.05. The van der Waals surface area contributed by atoms with Crippen LogP contribution < -0.4 is 0 Å². The van der Waals surface area contributed by atoms with Gasteiger partial charge in [0.2, 0.25) is 0 Å². The first-order valence-electron chi connectivity index (χ1n) is 3.19. The van der Waals surface area contributed by atoms with Gasteiger partial charge in [-0.3, -0.25) is 4.79 Å².